The van der Waals surface area contributed by atoms with Crippen molar-refractivity contribution in [3.05, 3.63) is 70.8 Å². The number of hydrogen-bond donors (Lipinski definition) is 0. The van der Waals surface area contributed by atoms with Crippen LogP contribution in [0.15, 0.2) is 36.4 Å². The maximum atomic E-state index is 13.7. The summed E-state index contributed by atoms with van der Waals surface area (Å²) in [6.45, 7) is 6.34. The Balaban J connectivity index is 0.00000264. The summed E-state index contributed by atoms with van der Waals surface area (Å²) in [7, 11) is 0. The van der Waals surface area contributed by atoms with Crippen LogP contribution in [0, 0.1) is 30.0 Å². The van der Waals surface area contributed by atoms with Gasteiger partial charge in [0, 0.05) is 33.4 Å². The van der Waals surface area contributed by atoms with Gasteiger partial charge in [0.1, 0.15) is 0 Å². The Morgan fingerprint density at radius 3 is 2.26 bits per heavy atom. The molecule has 0 N–H and O–H groups in total. The smallest absolute Gasteiger partial charge is 0.0168 e. The average Bonchev–Trinajstić information content (AvgIpc) is 2.44. The Morgan fingerprint density at radius 1 is 1.00 bits per heavy atom. The van der Waals surface area contributed by atoms with E-state index in [0.29, 0.717) is 12.0 Å². The molecule has 0 aliphatic carbocycles. The SMILES string of the molecule is Cc1ccc(CCCC(C)(C)Cc2ccc(F)[c-]c2F)cc1.[Ti]. The van der Waals surface area contributed by atoms with Gasteiger partial charge in [-0.1, -0.05) is 50.1 Å². The van der Waals surface area contributed by atoms with Crippen molar-refractivity contribution in [1.82, 2.24) is 0 Å². The molecular formula is C20H23F2Ti-. The third-order valence-corrected chi connectivity index (χ3v) is 4.05. The fraction of sp³-hybridized carbons (Fsp3) is 0.400. The van der Waals surface area contributed by atoms with Crippen LogP contribution in [0.4, 0.5) is 8.78 Å². The molecule has 2 aromatic carbocycles. The standard InChI is InChI=1S/C20H23F2.Ti/c1-15-6-8-16(9-7-15)5-4-12-20(2,3)14-17-10-11-18(21)13-19(17)22;/h6-11H,4-5,12,14H2,1-3H3;/q-1;. The number of aryl methyl sites for hydroxylation is 2. The summed E-state index contributed by atoms with van der Waals surface area (Å²) in [5.41, 5.74) is 3.13. The van der Waals surface area contributed by atoms with E-state index < -0.39 is 11.6 Å². The zero-order valence-corrected chi connectivity index (χ0v) is 15.6. The fourth-order valence-corrected chi connectivity index (χ4v) is 2.74. The second-order valence-electron chi connectivity index (χ2n) is 6.83. The van der Waals surface area contributed by atoms with Crippen LogP contribution >= 0.6 is 0 Å². The maximum Gasteiger partial charge on any atom is 0.0168 e. The molecule has 0 bridgehead atoms. The van der Waals surface area contributed by atoms with Crippen molar-refractivity contribution in [3.63, 3.8) is 0 Å². The molecule has 0 unspecified atom stereocenters. The number of rotatable bonds is 6. The van der Waals surface area contributed by atoms with Gasteiger partial charge in [-0.15, -0.1) is 17.7 Å². The molecule has 0 atom stereocenters. The van der Waals surface area contributed by atoms with E-state index >= 15 is 0 Å². The molecular weight excluding hydrogens is 326 g/mol. The van der Waals surface area contributed by atoms with Crippen molar-refractivity contribution in [2.45, 2.75) is 46.5 Å². The van der Waals surface area contributed by atoms with Crippen LogP contribution in [0.5, 0.6) is 0 Å². The van der Waals surface area contributed by atoms with E-state index in [1.165, 1.54) is 23.3 Å². The van der Waals surface area contributed by atoms with Gasteiger partial charge in [0.25, 0.3) is 0 Å². The Labute approximate surface area is 153 Å². The van der Waals surface area contributed by atoms with Crippen LogP contribution < -0.4 is 0 Å². The minimum atomic E-state index is -0.640. The van der Waals surface area contributed by atoms with Crippen molar-refractivity contribution in [1.29, 1.82) is 0 Å². The van der Waals surface area contributed by atoms with Gasteiger partial charge in [0.2, 0.25) is 0 Å². The molecule has 0 heterocycles. The summed E-state index contributed by atoms with van der Waals surface area (Å²) in [6, 6.07) is 13.5. The maximum absolute atomic E-state index is 13.7. The molecule has 0 aromatic heterocycles. The molecule has 2 rings (SSSR count). The molecule has 0 saturated carbocycles. The summed E-state index contributed by atoms with van der Waals surface area (Å²) >= 11 is 0. The van der Waals surface area contributed by atoms with Gasteiger partial charge >= 0.3 is 0 Å². The molecule has 0 amide bonds. The van der Waals surface area contributed by atoms with E-state index in [1.54, 1.807) is 0 Å². The molecule has 122 valence electrons. The first-order valence-corrected chi connectivity index (χ1v) is 7.77. The predicted octanol–water partition coefficient (Wildman–Crippen LogP) is 5.66. The van der Waals surface area contributed by atoms with Gasteiger partial charge in [-0.2, -0.15) is 6.07 Å². The molecule has 0 radical (unpaired) electrons. The van der Waals surface area contributed by atoms with Crippen LogP contribution in [0.3, 0.4) is 0 Å². The van der Waals surface area contributed by atoms with Crippen molar-refractivity contribution < 1.29 is 30.5 Å². The Hall–Kier alpha value is -0.986. The molecule has 0 aliphatic rings. The number of benzene rings is 2. The quantitative estimate of drug-likeness (QED) is 0.466. The summed E-state index contributed by atoms with van der Waals surface area (Å²) in [5.74, 6) is -1.20. The van der Waals surface area contributed by atoms with E-state index in [0.717, 1.165) is 19.3 Å². The topological polar surface area (TPSA) is 0 Å². The van der Waals surface area contributed by atoms with Gasteiger partial charge in [-0.25, -0.2) is 8.78 Å². The molecule has 2 aromatic rings. The van der Waals surface area contributed by atoms with Crippen LogP contribution in [-0.4, -0.2) is 0 Å². The summed E-state index contributed by atoms with van der Waals surface area (Å²) in [6.07, 6.45) is 3.69. The Morgan fingerprint density at radius 2 is 1.65 bits per heavy atom. The fourth-order valence-electron chi connectivity index (χ4n) is 2.74. The van der Waals surface area contributed by atoms with Gasteiger partial charge < -0.3 is 0 Å². The van der Waals surface area contributed by atoms with E-state index in [4.69, 9.17) is 0 Å². The van der Waals surface area contributed by atoms with Crippen LogP contribution in [0.2, 0.25) is 0 Å². The minimum absolute atomic E-state index is 0. The van der Waals surface area contributed by atoms with Crippen molar-refractivity contribution in [2.75, 3.05) is 0 Å². The Bertz CT molecular complexity index is 618. The van der Waals surface area contributed by atoms with Gasteiger partial charge in [-0.05, 0) is 37.2 Å². The van der Waals surface area contributed by atoms with Gasteiger partial charge in [0.05, 0.1) is 0 Å². The van der Waals surface area contributed by atoms with Crippen molar-refractivity contribution in [3.8, 4) is 0 Å². The van der Waals surface area contributed by atoms with Crippen LogP contribution in [0.25, 0.3) is 0 Å². The number of hydrogen-bond acceptors (Lipinski definition) is 0. The summed E-state index contributed by atoms with van der Waals surface area (Å²) < 4.78 is 26.6. The predicted molar refractivity (Wildman–Crippen MR) is 86.8 cm³/mol. The largest absolute Gasteiger partial charge is 0.236 e. The molecule has 0 aliphatic heterocycles. The zero-order valence-electron chi connectivity index (χ0n) is 14.0. The Kier molecular flexibility index (Phi) is 7.63. The van der Waals surface area contributed by atoms with Crippen LogP contribution in [-0.2, 0) is 34.6 Å². The third-order valence-electron chi connectivity index (χ3n) is 4.05. The number of halogens is 2. The normalized spacial score (nSPS) is 11.2. The van der Waals surface area contributed by atoms with Crippen LogP contribution in [0.1, 0.15) is 43.4 Å². The molecule has 3 heteroatoms. The average molecular weight is 349 g/mol. The second-order valence-corrected chi connectivity index (χ2v) is 6.83. The monoisotopic (exact) mass is 349 g/mol. The third kappa shape index (κ3) is 6.57. The first-order chi connectivity index (χ1) is 10.4. The molecule has 0 nitrogen and oxygen atoms in total. The van der Waals surface area contributed by atoms with Gasteiger partial charge in [0.15, 0.2) is 0 Å². The van der Waals surface area contributed by atoms with E-state index in [9.17, 15) is 8.78 Å². The molecule has 0 spiro atoms. The van der Waals surface area contributed by atoms with Gasteiger partial charge in [-0.3, -0.25) is 0 Å². The second kappa shape index (κ2) is 8.75. The molecule has 0 saturated heterocycles. The van der Waals surface area contributed by atoms with E-state index in [1.807, 2.05) is 0 Å². The van der Waals surface area contributed by atoms with E-state index in [2.05, 4.69) is 51.1 Å². The first-order valence-electron chi connectivity index (χ1n) is 7.77. The van der Waals surface area contributed by atoms with Crippen molar-refractivity contribution >= 4 is 0 Å². The first kappa shape index (κ1) is 20.1. The summed E-state index contributed by atoms with van der Waals surface area (Å²) in [4.78, 5) is 0. The summed E-state index contributed by atoms with van der Waals surface area (Å²) in [5, 5.41) is 0. The molecule has 23 heavy (non-hydrogen) atoms. The minimum Gasteiger partial charge on any atom is -0.236 e. The zero-order chi connectivity index (χ0) is 16.2. The van der Waals surface area contributed by atoms with Crippen molar-refractivity contribution in [2.24, 2.45) is 5.41 Å². The molecule has 0 fully saturated rings. The van der Waals surface area contributed by atoms with E-state index in [-0.39, 0.29) is 27.1 Å².